The van der Waals surface area contributed by atoms with Gasteiger partial charge in [-0.1, -0.05) is 23.4 Å². The van der Waals surface area contributed by atoms with Gasteiger partial charge in [-0.15, -0.1) is 0 Å². The lowest BCUT2D eigenvalue weighted by Gasteiger charge is -2.05. The SMILES string of the molecule is Nc1ccc(Sc2cc(Cl)cnc2N)cc1. The number of hydrogen-bond acceptors (Lipinski definition) is 4. The predicted molar refractivity (Wildman–Crippen MR) is 68.6 cm³/mol. The molecule has 5 heteroatoms. The van der Waals surface area contributed by atoms with Crippen LogP contribution in [0.3, 0.4) is 0 Å². The van der Waals surface area contributed by atoms with Crippen LogP contribution in [0.15, 0.2) is 46.3 Å². The van der Waals surface area contributed by atoms with Gasteiger partial charge in [0, 0.05) is 16.8 Å². The lowest BCUT2D eigenvalue weighted by Crippen LogP contribution is -1.92. The van der Waals surface area contributed by atoms with Gasteiger partial charge in [0.05, 0.1) is 9.92 Å². The number of hydrogen-bond donors (Lipinski definition) is 2. The third-order valence-electron chi connectivity index (χ3n) is 1.96. The number of nitrogens with two attached hydrogens (primary N) is 2. The molecule has 0 radical (unpaired) electrons. The molecule has 0 bridgehead atoms. The highest BCUT2D eigenvalue weighted by Crippen LogP contribution is 2.32. The van der Waals surface area contributed by atoms with Gasteiger partial charge in [-0.2, -0.15) is 0 Å². The van der Waals surface area contributed by atoms with Crippen LogP contribution in [-0.2, 0) is 0 Å². The zero-order chi connectivity index (χ0) is 11.5. The molecule has 0 saturated carbocycles. The number of pyridine rings is 1. The minimum Gasteiger partial charge on any atom is -0.399 e. The Morgan fingerprint density at radius 3 is 2.50 bits per heavy atom. The third kappa shape index (κ3) is 2.59. The molecule has 0 aliphatic rings. The highest BCUT2D eigenvalue weighted by molar-refractivity contribution is 7.99. The molecule has 2 aromatic rings. The Hall–Kier alpha value is -1.39. The number of nitrogens with zero attached hydrogens (tertiary/aromatic N) is 1. The predicted octanol–water partition coefficient (Wildman–Crippen LogP) is 3.05. The molecule has 1 aromatic heterocycles. The van der Waals surface area contributed by atoms with E-state index in [-0.39, 0.29) is 0 Å². The van der Waals surface area contributed by atoms with E-state index in [1.165, 1.54) is 18.0 Å². The second-order valence-electron chi connectivity index (χ2n) is 3.21. The van der Waals surface area contributed by atoms with Gasteiger partial charge in [0.2, 0.25) is 0 Å². The zero-order valence-electron chi connectivity index (χ0n) is 8.35. The van der Waals surface area contributed by atoms with Crippen LogP contribution in [0, 0.1) is 0 Å². The topological polar surface area (TPSA) is 64.9 Å². The lowest BCUT2D eigenvalue weighted by molar-refractivity contribution is 1.25. The van der Waals surface area contributed by atoms with E-state index >= 15 is 0 Å². The number of rotatable bonds is 2. The Labute approximate surface area is 103 Å². The van der Waals surface area contributed by atoms with Crippen molar-refractivity contribution in [3.63, 3.8) is 0 Å². The molecule has 4 N–H and O–H groups in total. The first-order chi connectivity index (χ1) is 7.65. The first kappa shape index (κ1) is 11.1. The van der Waals surface area contributed by atoms with Crippen molar-refractivity contribution in [1.29, 1.82) is 0 Å². The van der Waals surface area contributed by atoms with Gasteiger partial charge in [-0.3, -0.25) is 0 Å². The molecule has 0 saturated heterocycles. The van der Waals surface area contributed by atoms with Crippen LogP contribution in [-0.4, -0.2) is 4.98 Å². The number of aromatic nitrogens is 1. The fourth-order valence-corrected chi connectivity index (χ4v) is 2.27. The minimum absolute atomic E-state index is 0.478. The Kier molecular flexibility index (Phi) is 3.22. The molecule has 82 valence electrons. The average Bonchev–Trinajstić information content (AvgIpc) is 2.27. The largest absolute Gasteiger partial charge is 0.399 e. The molecular formula is C11H10ClN3S. The summed E-state index contributed by atoms with van der Waals surface area (Å²) in [5, 5.41) is 0.576. The third-order valence-corrected chi connectivity index (χ3v) is 3.22. The van der Waals surface area contributed by atoms with Crippen molar-refractivity contribution in [2.75, 3.05) is 11.5 Å². The summed E-state index contributed by atoms with van der Waals surface area (Å²) >= 11 is 7.37. The van der Waals surface area contributed by atoms with Crippen LogP contribution in [0.5, 0.6) is 0 Å². The van der Waals surface area contributed by atoms with E-state index in [0.29, 0.717) is 10.8 Å². The summed E-state index contributed by atoms with van der Waals surface area (Å²) in [6.45, 7) is 0. The second-order valence-corrected chi connectivity index (χ2v) is 4.76. The van der Waals surface area contributed by atoms with Crippen molar-refractivity contribution >= 4 is 34.9 Å². The molecule has 2 rings (SSSR count). The molecule has 1 aromatic carbocycles. The van der Waals surface area contributed by atoms with E-state index in [1.54, 1.807) is 6.07 Å². The number of nitrogen functional groups attached to an aromatic ring is 2. The summed E-state index contributed by atoms with van der Waals surface area (Å²) in [5.41, 5.74) is 12.1. The highest BCUT2D eigenvalue weighted by Gasteiger charge is 2.04. The number of benzene rings is 1. The number of halogens is 1. The summed E-state index contributed by atoms with van der Waals surface area (Å²) in [7, 11) is 0. The first-order valence-electron chi connectivity index (χ1n) is 4.59. The van der Waals surface area contributed by atoms with Gasteiger partial charge in [0.1, 0.15) is 5.82 Å². The molecule has 0 fully saturated rings. The fourth-order valence-electron chi connectivity index (χ4n) is 1.18. The fraction of sp³-hybridized carbons (Fsp3) is 0. The summed E-state index contributed by atoms with van der Waals surface area (Å²) in [4.78, 5) is 5.88. The molecule has 0 aliphatic carbocycles. The minimum atomic E-state index is 0.478. The van der Waals surface area contributed by atoms with Gasteiger partial charge in [0.15, 0.2) is 0 Å². The smallest absolute Gasteiger partial charge is 0.137 e. The van der Waals surface area contributed by atoms with Crippen LogP contribution >= 0.6 is 23.4 Å². The second kappa shape index (κ2) is 4.63. The maximum absolute atomic E-state index is 5.86. The zero-order valence-corrected chi connectivity index (χ0v) is 9.92. The standard InChI is InChI=1S/C11H10ClN3S/c12-7-5-10(11(14)15-6-7)16-9-3-1-8(13)2-4-9/h1-6H,13H2,(H2,14,15). The maximum Gasteiger partial charge on any atom is 0.137 e. The van der Waals surface area contributed by atoms with Crippen molar-refractivity contribution in [3.05, 3.63) is 41.6 Å². The van der Waals surface area contributed by atoms with Crippen LogP contribution < -0.4 is 11.5 Å². The van der Waals surface area contributed by atoms with E-state index in [4.69, 9.17) is 23.1 Å². The van der Waals surface area contributed by atoms with Gasteiger partial charge < -0.3 is 11.5 Å². The van der Waals surface area contributed by atoms with Crippen molar-refractivity contribution in [2.45, 2.75) is 9.79 Å². The lowest BCUT2D eigenvalue weighted by atomic mass is 10.3. The quantitative estimate of drug-likeness (QED) is 0.806. The summed E-state index contributed by atoms with van der Waals surface area (Å²) in [5.74, 6) is 0.478. The monoisotopic (exact) mass is 251 g/mol. The van der Waals surface area contributed by atoms with Gasteiger partial charge in [-0.25, -0.2) is 4.98 Å². The van der Waals surface area contributed by atoms with E-state index in [9.17, 15) is 0 Å². The molecule has 0 atom stereocenters. The number of anilines is 2. The summed E-state index contributed by atoms with van der Waals surface area (Å²) in [6, 6.07) is 9.35. The Morgan fingerprint density at radius 1 is 1.12 bits per heavy atom. The Balaban J connectivity index is 2.26. The molecular weight excluding hydrogens is 242 g/mol. The van der Waals surface area contributed by atoms with Crippen LogP contribution in [0.25, 0.3) is 0 Å². The highest BCUT2D eigenvalue weighted by atomic mass is 35.5. The van der Waals surface area contributed by atoms with Gasteiger partial charge in [-0.05, 0) is 30.3 Å². The van der Waals surface area contributed by atoms with Crippen LogP contribution in [0.2, 0.25) is 5.02 Å². The van der Waals surface area contributed by atoms with E-state index < -0.39 is 0 Å². The molecule has 0 spiro atoms. The van der Waals surface area contributed by atoms with Crippen molar-refractivity contribution in [2.24, 2.45) is 0 Å². The normalized spacial score (nSPS) is 10.3. The van der Waals surface area contributed by atoms with Crippen molar-refractivity contribution in [3.8, 4) is 0 Å². The van der Waals surface area contributed by atoms with Crippen LogP contribution in [0.1, 0.15) is 0 Å². The molecule has 16 heavy (non-hydrogen) atoms. The Bertz CT molecular complexity index is 499. The molecule has 0 aliphatic heterocycles. The van der Waals surface area contributed by atoms with E-state index in [0.717, 1.165) is 15.5 Å². The first-order valence-corrected chi connectivity index (χ1v) is 5.79. The van der Waals surface area contributed by atoms with Crippen LogP contribution in [0.4, 0.5) is 11.5 Å². The maximum atomic E-state index is 5.86. The van der Waals surface area contributed by atoms with E-state index in [2.05, 4.69) is 4.98 Å². The van der Waals surface area contributed by atoms with Crippen molar-refractivity contribution < 1.29 is 0 Å². The molecule has 0 unspecified atom stereocenters. The van der Waals surface area contributed by atoms with Gasteiger partial charge >= 0.3 is 0 Å². The molecule has 0 amide bonds. The Morgan fingerprint density at radius 2 is 1.81 bits per heavy atom. The van der Waals surface area contributed by atoms with Gasteiger partial charge in [0.25, 0.3) is 0 Å². The summed E-state index contributed by atoms with van der Waals surface area (Å²) in [6.07, 6.45) is 1.53. The average molecular weight is 252 g/mol. The summed E-state index contributed by atoms with van der Waals surface area (Å²) < 4.78 is 0. The molecule has 1 heterocycles. The van der Waals surface area contributed by atoms with Crippen molar-refractivity contribution in [1.82, 2.24) is 4.98 Å². The molecule has 3 nitrogen and oxygen atoms in total. The van der Waals surface area contributed by atoms with E-state index in [1.807, 2.05) is 24.3 Å².